The van der Waals surface area contributed by atoms with Crippen molar-refractivity contribution in [3.8, 4) is 5.75 Å². The summed E-state index contributed by atoms with van der Waals surface area (Å²) in [6.45, 7) is 1.98. The molecule has 0 unspecified atom stereocenters. The highest BCUT2D eigenvalue weighted by Crippen LogP contribution is 2.25. The Hall–Kier alpha value is -1.26. The van der Waals surface area contributed by atoms with Crippen LogP contribution in [0.1, 0.15) is 11.1 Å². The first kappa shape index (κ1) is 12.8. The number of hydrogen-bond acceptors (Lipinski definition) is 4. The average Bonchev–Trinajstić information content (AvgIpc) is 2.30. The van der Waals surface area contributed by atoms with Gasteiger partial charge in [0.25, 0.3) is 0 Å². The molecule has 0 aromatic heterocycles. The van der Waals surface area contributed by atoms with E-state index in [1.54, 1.807) is 21.3 Å². The summed E-state index contributed by atoms with van der Waals surface area (Å²) >= 11 is 0. The first-order chi connectivity index (χ1) is 7.62. The number of ether oxygens (including phenoxy) is 3. The molecule has 90 valence electrons. The van der Waals surface area contributed by atoms with Gasteiger partial charge >= 0.3 is 0 Å². The molecule has 0 amide bonds. The Morgan fingerprint density at radius 1 is 1.19 bits per heavy atom. The zero-order chi connectivity index (χ0) is 12.1. The predicted octanol–water partition coefficient (Wildman–Crippen LogP) is 1.75. The molecule has 1 aromatic carbocycles. The molecule has 0 bridgehead atoms. The lowest BCUT2D eigenvalue weighted by molar-refractivity contribution is -0.100. The molecule has 1 rings (SSSR count). The van der Waals surface area contributed by atoms with Crippen LogP contribution in [0.2, 0.25) is 0 Å². The van der Waals surface area contributed by atoms with Gasteiger partial charge in [0.15, 0.2) is 6.29 Å². The van der Waals surface area contributed by atoms with Crippen LogP contribution < -0.4 is 10.5 Å². The predicted molar refractivity (Wildman–Crippen MR) is 63.7 cm³/mol. The topological polar surface area (TPSA) is 53.7 Å². The van der Waals surface area contributed by atoms with Gasteiger partial charge in [-0.15, -0.1) is 0 Å². The highest BCUT2D eigenvalue weighted by molar-refractivity contribution is 5.55. The molecule has 0 aliphatic rings. The summed E-state index contributed by atoms with van der Waals surface area (Å²) in [5, 5.41) is 0. The molecule has 4 heteroatoms. The Balaban J connectivity index is 2.97. The van der Waals surface area contributed by atoms with Gasteiger partial charge in [0.05, 0.1) is 7.11 Å². The molecule has 0 aliphatic carbocycles. The number of nitrogens with two attached hydrogens (primary N) is 1. The molecule has 1 aromatic rings. The molecule has 0 spiro atoms. The smallest absolute Gasteiger partial charge is 0.160 e. The summed E-state index contributed by atoms with van der Waals surface area (Å²) in [7, 11) is 4.86. The number of nitrogen functional groups attached to an aromatic ring is 1. The van der Waals surface area contributed by atoms with Gasteiger partial charge in [0.2, 0.25) is 0 Å². The quantitative estimate of drug-likeness (QED) is 0.612. The van der Waals surface area contributed by atoms with Crippen LogP contribution in [-0.2, 0) is 15.9 Å². The van der Waals surface area contributed by atoms with Gasteiger partial charge in [-0.2, -0.15) is 0 Å². The summed E-state index contributed by atoms with van der Waals surface area (Å²) in [4.78, 5) is 0. The van der Waals surface area contributed by atoms with Crippen molar-refractivity contribution in [2.45, 2.75) is 19.6 Å². The summed E-state index contributed by atoms with van der Waals surface area (Å²) < 4.78 is 15.5. The van der Waals surface area contributed by atoms with Gasteiger partial charge < -0.3 is 19.9 Å². The van der Waals surface area contributed by atoms with Crippen molar-refractivity contribution in [2.75, 3.05) is 27.1 Å². The Labute approximate surface area is 96.3 Å². The number of benzene rings is 1. The van der Waals surface area contributed by atoms with Crippen LogP contribution in [0.15, 0.2) is 12.1 Å². The van der Waals surface area contributed by atoms with E-state index in [1.807, 2.05) is 19.1 Å². The zero-order valence-corrected chi connectivity index (χ0v) is 10.2. The molecular weight excluding hydrogens is 206 g/mol. The molecule has 16 heavy (non-hydrogen) atoms. The Kier molecular flexibility index (Phi) is 4.58. The van der Waals surface area contributed by atoms with E-state index in [1.165, 1.54) is 0 Å². The van der Waals surface area contributed by atoms with Crippen LogP contribution in [0.5, 0.6) is 5.75 Å². The summed E-state index contributed by atoms with van der Waals surface area (Å²) in [6, 6.07) is 3.77. The standard InChI is InChI=1S/C12H19NO3/c1-8-9(6-12(15-3)16-4)5-10(14-2)7-11(8)13/h5,7,12H,6,13H2,1-4H3. The number of rotatable bonds is 5. The molecule has 0 radical (unpaired) electrons. The van der Waals surface area contributed by atoms with Crippen molar-refractivity contribution in [2.24, 2.45) is 0 Å². The maximum absolute atomic E-state index is 5.89. The number of methoxy groups -OCH3 is 3. The van der Waals surface area contributed by atoms with E-state index in [4.69, 9.17) is 19.9 Å². The highest BCUT2D eigenvalue weighted by atomic mass is 16.7. The Morgan fingerprint density at radius 3 is 2.31 bits per heavy atom. The summed E-state index contributed by atoms with van der Waals surface area (Å²) in [5.41, 5.74) is 8.73. The van der Waals surface area contributed by atoms with E-state index in [-0.39, 0.29) is 6.29 Å². The van der Waals surface area contributed by atoms with Crippen LogP contribution in [0.4, 0.5) is 5.69 Å². The molecule has 4 nitrogen and oxygen atoms in total. The largest absolute Gasteiger partial charge is 0.497 e. The lowest BCUT2D eigenvalue weighted by Crippen LogP contribution is -2.17. The lowest BCUT2D eigenvalue weighted by atomic mass is 10.0. The van der Waals surface area contributed by atoms with Crippen molar-refractivity contribution < 1.29 is 14.2 Å². The molecule has 0 fully saturated rings. The molecule has 0 heterocycles. The monoisotopic (exact) mass is 225 g/mol. The van der Waals surface area contributed by atoms with Gasteiger partial charge in [0, 0.05) is 32.4 Å². The van der Waals surface area contributed by atoms with Gasteiger partial charge in [-0.05, 0) is 24.1 Å². The number of hydrogen-bond donors (Lipinski definition) is 1. The first-order valence-electron chi connectivity index (χ1n) is 5.11. The minimum atomic E-state index is -0.259. The Morgan fingerprint density at radius 2 is 1.81 bits per heavy atom. The van der Waals surface area contributed by atoms with Gasteiger partial charge in [-0.25, -0.2) is 0 Å². The fourth-order valence-corrected chi connectivity index (χ4v) is 1.54. The van der Waals surface area contributed by atoms with E-state index in [0.717, 1.165) is 22.6 Å². The van der Waals surface area contributed by atoms with Crippen LogP contribution in [0.3, 0.4) is 0 Å². The average molecular weight is 225 g/mol. The second kappa shape index (κ2) is 5.72. The second-order valence-electron chi connectivity index (χ2n) is 3.61. The van der Waals surface area contributed by atoms with E-state index in [9.17, 15) is 0 Å². The second-order valence-corrected chi connectivity index (χ2v) is 3.61. The van der Waals surface area contributed by atoms with E-state index < -0.39 is 0 Å². The van der Waals surface area contributed by atoms with E-state index in [0.29, 0.717) is 6.42 Å². The van der Waals surface area contributed by atoms with Gasteiger partial charge in [-0.3, -0.25) is 0 Å². The van der Waals surface area contributed by atoms with Gasteiger partial charge in [0.1, 0.15) is 5.75 Å². The fraction of sp³-hybridized carbons (Fsp3) is 0.500. The molecule has 0 saturated heterocycles. The summed E-state index contributed by atoms with van der Waals surface area (Å²) in [6.07, 6.45) is 0.394. The normalized spacial score (nSPS) is 10.8. The molecule has 0 saturated carbocycles. The molecular formula is C12H19NO3. The molecule has 2 N–H and O–H groups in total. The molecule has 0 aliphatic heterocycles. The third-order valence-corrected chi connectivity index (χ3v) is 2.68. The minimum absolute atomic E-state index is 0.259. The maximum atomic E-state index is 5.89. The zero-order valence-electron chi connectivity index (χ0n) is 10.2. The van der Waals surface area contributed by atoms with Crippen LogP contribution in [0.25, 0.3) is 0 Å². The molecule has 0 atom stereocenters. The van der Waals surface area contributed by atoms with Crippen LogP contribution in [-0.4, -0.2) is 27.6 Å². The minimum Gasteiger partial charge on any atom is -0.497 e. The van der Waals surface area contributed by atoms with Crippen molar-refractivity contribution in [3.05, 3.63) is 23.3 Å². The van der Waals surface area contributed by atoms with Gasteiger partial charge in [-0.1, -0.05) is 0 Å². The third kappa shape index (κ3) is 2.87. The highest BCUT2D eigenvalue weighted by Gasteiger charge is 2.11. The van der Waals surface area contributed by atoms with Crippen LogP contribution in [0, 0.1) is 6.92 Å². The van der Waals surface area contributed by atoms with Crippen LogP contribution >= 0.6 is 0 Å². The fourth-order valence-electron chi connectivity index (χ4n) is 1.54. The SMILES string of the molecule is COc1cc(N)c(C)c(CC(OC)OC)c1. The lowest BCUT2D eigenvalue weighted by Gasteiger charge is -2.16. The van der Waals surface area contributed by atoms with Crippen molar-refractivity contribution in [1.29, 1.82) is 0 Å². The maximum Gasteiger partial charge on any atom is 0.160 e. The number of anilines is 1. The van der Waals surface area contributed by atoms with Crippen molar-refractivity contribution in [3.63, 3.8) is 0 Å². The van der Waals surface area contributed by atoms with E-state index >= 15 is 0 Å². The Bertz CT molecular complexity index is 348. The summed E-state index contributed by atoms with van der Waals surface area (Å²) in [5.74, 6) is 0.754. The first-order valence-corrected chi connectivity index (χ1v) is 5.11. The van der Waals surface area contributed by atoms with Crippen molar-refractivity contribution >= 4 is 5.69 Å². The van der Waals surface area contributed by atoms with E-state index in [2.05, 4.69) is 0 Å². The van der Waals surface area contributed by atoms with Crippen molar-refractivity contribution in [1.82, 2.24) is 0 Å². The third-order valence-electron chi connectivity index (χ3n) is 2.68.